The lowest BCUT2D eigenvalue weighted by Gasteiger charge is -2.28. The van der Waals surface area contributed by atoms with Crippen LogP contribution in [-0.2, 0) is 0 Å². The summed E-state index contributed by atoms with van der Waals surface area (Å²) in [6.07, 6.45) is -4.55. The van der Waals surface area contributed by atoms with Gasteiger partial charge in [0.1, 0.15) is 23.9 Å². The van der Waals surface area contributed by atoms with E-state index in [4.69, 9.17) is 26.2 Å². The zero-order valence-corrected chi connectivity index (χ0v) is 6.33. The summed E-state index contributed by atoms with van der Waals surface area (Å²) < 4.78 is 0. The van der Waals surface area contributed by atoms with Crippen LogP contribution in [0.2, 0.25) is 0 Å². The van der Waals surface area contributed by atoms with Crippen molar-refractivity contribution in [3.63, 3.8) is 0 Å². The molecule has 0 spiro atoms. The Labute approximate surface area is 68.9 Å². The van der Waals surface area contributed by atoms with E-state index in [1.807, 2.05) is 0 Å². The van der Waals surface area contributed by atoms with Crippen LogP contribution >= 0.6 is 0 Å². The van der Waals surface area contributed by atoms with Gasteiger partial charge in [-0.15, -0.1) is 0 Å². The third-order valence-electron chi connectivity index (χ3n) is 2.38. The summed E-state index contributed by atoms with van der Waals surface area (Å²) in [5, 5.41) is 45.4. The van der Waals surface area contributed by atoms with Crippen molar-refractivity contribution in [3.8, 4) is 0 Å². The Morgan fingerprint density at radius 3 is 1.83 bits per heavy atom. The first kappa shape index (κ1) is 9.85. The standard InChI is InChI=1S/C6H13NO5/c7-4-2(9)3(10)5(11)6(4,12)1-8/h2-5,8-12H,1,7H2/t2-,3-,4-,5+,6-/m0/s1. The molecule has 6 heteroatoms. The van der Waals surface area contributed by atoms with Crippen molar-refractivity contribution >= 4 is 0 Å². The molecule has 0 unspecified atom stereocenters. The second kappa shape index (κ2) is 2.91. The van der Waals surface area contributed by atoms with Gasteiger partial charge < -0.3 is 31.3 Å². The predicted octanol–water partition coefficient (Wildman–Crippen LogP) is -3.87. The molecule has 72 valence electrons. The molecule has 0 saturated heterocycles. The van der Waals surface area contributed by atoms with Crippen molar-refractivity contribution in [3.05, 3.63) is 0 Å². The van der Waals surface area contributed by atoms with E-state index in [-0.39, 0.29) is 0 Å². The minimum atomic E-state index is -2.02. The first-order valence-corrected chi connectivity index (χ1v) is 3.58. The van der Waals surface area contributed by atoms with E-state index in [2.05, 4.69) is 0 Å². The molecule has 1 fully saturated rings. The monoisotopic (exact) mass is 179 g/mol. The van der Waals surface area contributed by atoms with Crippen molar-refractivity contribution in [1.82, 2.24) is 0 Å². The molecular formula is C6H13NO5. The molecule has 0 bridgehead atoms. The van der Waals surface area contributed by atoms with Crippen LogP contribution in [0.5, 0.6) is 0 Å². The third kappa shape index (κ3) is 1.05. The normalized spacial score (nSPS) is 54.5. The zero-order valence-electron chi connectivity index (χ0n) is 6.33. The van der Waals surface area contributed by atoms with Crippen molar-refractivity contribution in [2.24, 2.45) is 5.73 Å². The summed E-state index contributed by atoms with van der Waals surface area (Å²) in [5.74, 6) is 0. The highest BCUT2D eigenvalue weighted by molar-refractivity contribution is 5.11. The second-order valence-corrected chi connectivity index (χ2v) is 3.10. The maximum atomic E-state index is 9.43. The van der Waals surface area contributed by atoms with Gasteiger partial charge in [0.25, 0.3) is 0 Å². The molecule has 1 saturated carbocycles. The molecule has 5 atom stereocenters. The predicted molar refractivity (Wildman–Crippen MR) is 38.0 cm³/mol. The Kier molecular flexibility index (Phi) is 2.39. The fraction of sp³-hybridized carbons (Fsp3) is 1.00. The summed E-state index contributed by atoms with van der Waals surface area (Å²) in [7, 11) is 0. The summed E-state index contributed by atoms with van der Waals surface area (Å²) in [4.78, 5) is 0. The van der Waals surface area contributed by atoms with Gasteiger partial charge in [0.05, 0.1) is 12.6 Å². The van der Waals surface area contributed by atoms with Crippen LogP contribution in [0.4, 0.5) is 0 Å². The number of aliphatic hydroxyl groups is 5. The lowest BCUT2D eigenvalue weighted by atomic mass is 9.97. The van der Waals surface area contributed by atoms with Crippen LogP contribution in [0.1, 0.15) is 0 Å². The SMILES string of the molecule is N[C@H]1[C@@H](O)[C@H](O)[C@@H](O)[C@]1(O)CO. The number of hydrogen-bond donors (Lipinski definition) is 6. The summed E-state index contributed by atoms with van der Waals surface area (Å²) in [5.41, 5.74) is 3.25. The molecule has 1 rings (SSSR count). The lowest BCUT2D eigenvalue weighted by Crippen LogP contribution is -2.55. The van der Waals surface area contributed by atoms with Gasteiger partial charge in [0, 0.05) is 0 Å². The molecule has 1 aliphatic carbocycles. The van der Waals surface area contributed by atoms with E-state index in [0.717, 1.165) is 0 Å². The molecule has 7 N–H and O–H groups in total. The van der Waals surface area contributed by atoms with Gasteiger partial charge in [-0.25, -0.2) is 0 Å². The molecule has 0 radical (unpaired) electrons. The molecule has 0 heterocycles. The maximum absolute atomic E-state index is 9.43. The minimum Gasteiger partial charge on any atom is -0.393 e. The molecule has 0 amide bonds. The van der Waals surface area contributed by atoms with E-state index in [1.54, 1.807) is 0 Å². The van der Waals surface area contributed by atoms with Gasteiger partial charge >= 0.3 is 0 Å². The quantitative estimate of drug-likeness (QED) is 0.244. The third-order valence-corrected chi connectivity index (χ3v) is 2.38. The molecule has 6 nitrogen and oxygen atoms in total. The number of hydrogen-bond acceptors (Lipinski definition) is 6. The summed E-state index contributed by atoms with van der Waals surface area (Å²) in [6.45, 7) is -0.802. The molecule has 1 aliphatic rings. The number of aliphatic hydroxyl groups excluding tert-OH is 4. The van der Waals surface area contributed by atoms with E-state index in [0.29, 0.717) is 0 Å². The van der Waals surface area contributed by atoms with Crippen molar-refractivity contribution in [1.29, 1.82) is 0 Å². The zero-order chi connectivity index (χ0) is 9.52. The van der Waals surface area contributed by atoms with Crippen LogP contribution in [0, 0.1) is 0 Å². The first-order chi connectivity index (χ1) is 5.45. The highest BCUT2D eigenvalue weighted by Crippen LogP contribution is 2.29. The fourth-order valence-electron chi connectivity index (χ4n) is 1.39. The molecule has 0 aromatic heterocycles. The van der Waals surface area contributed by atoms with Crippen LogP contribution < -0.4 is 5.73 Å². The number of rotatable bonds is 1. The highest BCUT2D eigenvalue weighted by Gasteiger charge is 2.57. The van der Waals surface area contributed by atoms with Crippen molar-refractivity contribution in [2.45, 2.75) is 30.0 Å². The van der Waals surface area contributed by atoms with E-state index < -0.39 is 36.6 Å². The molecular weight excluding hydrogens is 166 g/mol. The van der Waals surface area contributed by atoms with Crippen LogP contribution in [0.25, 0.3) is 0 Å². The average Bonchev–Trinajstić information content (AvgIpc) is 2.22. The van der Waals surface area contributed by atoms with E-state index in [9.17, 15) is 5.11 Å². The largest absolute Gasteiger partial charge is 0.393 e. The topological polar surface area (TPSA) is 127 Å². The van der Waals surface area contributed by atoms with Crippen molar-refractivity contribution in [2.75, 3.05) is 6.61 Å². The van der Waals surface area contributed by atoms with Gasteiger partial charge in [-0.05, 0) is 0 Å². The van der Waals surface area contributed by atoms with E-state index in [1.165, 1.54) is 0 Å². The Morgan fingerprint density at radius 2 is 1.67 bits per heavy atom. The average molecular weight is 179 g/mol. The van der Waals surface area contributed by atoms with Crippen LogP contribution in [0.15, 0.2) is 0 Å². The molecule has 0 aliphatic heterocycles. The van der Waals surface area contributed by atoms with Gasteiger partial charge in [-0.3, -0.25) is 0 Å². The summed E-state index contributed by atoms with van der Waals surface area (Å²) >= 11 is 0. The highest BCUT2D eigenvalue weighted by atomic mass is 16.4. The Morgan fingerprint density at radius 1 is 1.17 bits per heavy atom. The van der Waals surface area contributed by atoms with E-state index >= 15 is 0 Å². The Balaban J connectivity index is 2.90. The second-order valence-electron chi connectivity index (χ2n) is 3.10. The lowest BCUT2D eigenvalue weighted by molar-refractivity contribution is -0.116. The van der Waals surface area contributed by atoms with Crippen molar-refractivity contribution < 1.29 is 25.5 Å². The van der Waals surface area contributed by atoms with Gasteiger partial charge in [-0.1, -0.05) is 0 Å². The minimum absolute atomic E-state index is 0.802. The first-order valence-electron chi connectivity index (χ1n) is 3.58. The van der Waals surface area contributed by atoms with Crippen LogP contribution in [-0.4, -0.2) is 62.1 Å². The molecule has 0 aromatic rings. The fourth-order valence-corrected chi connectivity index (χ4v) is 1.39. The Hall–Kier alpha value is -0.240. The van der Waals surface area contributed by atoms with Gasteiger partial charge in [-0.2, -0.15) is 0 Å². The maximum Gasteiger partial charge on any atom is 0.134 e. The van der Waals surface area contributed by atoms with Gasteiger partial charge in [0.15, 0.2) is 0 Å². The Bertz CT molecular complexity index is 161. The molecule has 12 heavy (non-hydrogen) atoms. The number of nitrogens with two attached hydrogens (primary N) is 1. The smallest absolute Gasteiger partial charge is 0.134 e. The summed E-state index contributed by atoms with van der Waals surface area (Å²) in [6, 6.07) is -1.24. The van der Waals surface area contributed by atoms with Crippen LogP contribution in [0.3, 0.4) is 0 Å². The molecule has 0 aromatic carbocycles. The van der Waals surface area contributed by atoms with Gasteiger partial charge in [0.2, 0.25) is 0 Å².